The molecule has 0 radical (unpaired) electrons. The van der Waals surface area contributed by atoms with Crippen LogP contribution in [-0.4, -0.2) is 27.3 Å². The maximum atomic E-state index is 5.27. The summed E-state index contributed by atoms with van der Waals surface area (Å²) in [6.45, 7) is 0. The van der Waals surface area contributed by atoms with Crippen LogP contribution in [0.5, 0.6) is 5.75 Å². The number of nitrogens with one attached hydrogen (secondary N) is 2. The van der Waals surface area contributed by atoms with Crippen LogP contribution in [0.15, 0.2) is 42.5 Å². The van der Waals surface area contributed by atoms with E-state index in [0.29, 0.717) is 0 Å². The van der Waals surface area contributed by atoms with Gasteiger partial charge in [-0.3, -0.25) is 5.10 Å². The topological polar surface area (TPSA) is 66.6 Å². The molecule has 3 heterocycles. The molecule has 0 aliphatic carbocycles. The Morgan fingerprint density at radius 2 is 2.04 bits per heavy atom. The zero-order chi connectivity index (χ0) is 15.4. The summed E-state index contributed by atoms with van der Waals surface area (Å²) >= 11 is 1.73. The van der Waals surface area contributed by atoms with Gasteiger partial charge in [-0.2, -0.15) is 5.10 Å². The van der Waals surface area contributed by atoms with Crippen molar-refractivity contribution in [2.45, 2.75) is 0 Å². The Hall–Kier alpha value is -2.86. The molecule has 3 aromatic heterocycles. The maximum absolute atomic E-state index is 5.27. The van der Waals surface area contributed by atoms with Gasteiger partial charge in [0.05, 0.1) is 22.8 Å². The van der Waals surface area contributed by atoms with Crippen molar-refractivity contribution < 1.29 is 4.74 Å². The SMILES string of the molecule is COc1ccc2nc(-c3[nH]nc4c3sc3ccccc34)[nH]c2c1. The van der Waals surface area contributed by atoms with Gasteiger partial charge in [0, 0.05) is 16.2 Å². The Morgan fingerprint density at radius 3 is 2.96 bits per heavy atom. The van der Waals surface area contributed by atoms with Crippen LogP contribution < -0.4 is 4.74 Å². The van der Waals surface area contributed by atoms with Crippen molar-refractivity contribution in [1.29, 1.82) is 0 Å². The van der Waals surface area contributed by atoms with E-state index in [4.69, 9.17) is 4.74 Å². The Morgan fingerprint density at radius 1 is 1.13 bits per heavy atom. The fourth-order valence-electron chi connectivity index (χ4n) is 2.87. The molecule has 6 heteroatoms. The average molecular weight is 320 g/mol. The number of fused-ring (bicyclic) bond motifs is 4. The monoisotopic (exact) mass is 320 g/mol. The number of aromatic amines is 2. The summed E-state index contributed by atoms with van der Waals surface area (Å²) in [6.07, 6.45) is 0. The van der Waals surface area contributed by atoms with Crippen LogP contribution in [0.4, 0.5) is 0 Å². The van der Waals surface area contributed by atoms with Crippen molar-refractivity contribution in [3.8, 4) is 17.3 Å². The second-order valence-electron chi connectivity index (χ2n) is 5.34. The third kappa shape index (κ3) is 1.78. The van der Waals surface area contributed by atoms with Crippen LogP contribution in [0, 0.1) is 0 Å². The predicted octanol–water partition coefficient (Wildman–Crippen LogP) is 4.33. The molecule has 0 aliphatic rings. The smallest absolute Gasteiger partial charge is 0.158 e. The van der Waals surface area contributed by atoms with Crippen molar-refractivity contribution in [3.05, 3.63) is 42.5 Å². The van der Waals surface area contributed by atoms with Crippen LogP contribution in [0.25, 0.3) is 42.9 Å². The molecule has 0 amide bonds. The molecule has 0 fully saturated rings. The van der Waals surface area contributed by atoms with Gasteiger partial charge in [-0.15, -0.1) is 11.3 Å². The van der Waals surface area contributed by atoms with Gasteiger partial charge in [-0.05, 0) is 18.2 Å². The zero-order valence-corrected chi connectivity index (χ0v) is 13.1. The lowest BCUT2D eigenvalue weighted by Crippen LogP contribution is -1.81. The molecule has 0 saturated heterocycles. The Balaban J connectivity index is 1.76. The van der Waals surface area contributed by atoms with Gasteiger partial charge in [0.2, 0.25) is 0 Å². The Labute approximate surface area is 134 Å². The standard InChI is InChI=1S/C17H12N4OS/c1-22-9-6-7-11-12(8-9)19-17(18-11)15-16-14(20-21-15)10-4-2-3-5-13(10)23-16/h2-8H,1H3,(H,18,19)(H,20,21). The highest BCUT2D eigenvalue weighted by Crippen LogP contribution is 2.37. The highest BCUT2D eigenvalue weighted by molar-refractivity contribution is 7.26. The number of methoxy groups -OCH3 is 1. The van der Waals surface area contributed by atoms with E-state index in [9.17, 15) is 0 Å². The number of benzene rings is 2. The first-order chi connectivity index (χ1) is 11.3. The highest BCUT2D eigenvalue weighted by Gasteiger charge is 2.16. The second kappa shape index (κ2) is 4.57. The summed E-state index contributed by atoms with van der Waals surface area (Å²) in [5.74, 6) is 1.60. The largest absolute Gasteiger partial charge is 0.497 e. The van der Waals surface area contributed by atoms with Crippen molar-refractivity contribution in [2.24, 2.45) is 0 Å². The van der Waals surface area contributed by atoms with E-state index in [1.807, 2.05) is 24.3 Å². The lowest BCUT2D eigenvalue weighted by Gasteiger charge is -1.96. The molecule has 23 heavy (non-hydrogen) atoms. The number of hydrogen-bond donors (Lipinski definition) is 2. The number of aromatic nitrogens is 4. The minimum atomic E-state index is 0.794. The molecular weight excluding hydrogens is 308 g/mol. The fourth-order valence-corrected chi connectivity index (χ4v) is 4.01. The van der Waals surface area contributed by atoms with Crippen LogP contribution in [0.2, 0.25) is 0 Å². The number of imidazole rings is 1. The third-order valence-electron chi connectivity index (χ3n) is 4.00. The van der Waals surface area contributed by atoms with Crippen molar-refractivity contribution >= 4 is 42.7 Å². The summed E-state index contributed by atoms with van der Waals surface area (Å²) in [4.78, 5) is 8.03. The van der Waals surface area contributed by atoms with Gasteiger partial charge in [0.25, 0.3) is 0 Å². The quantitative estimate of drug-likeness (QED) is 0.509. The number of rotatable bonds is 2. The van der Waals surface area contributed by atoms with Crippen LogP contribution >= 0.6 is 11.3 Å². The van der Waals surface area contributed by atoms with E-state index in [1.165, 1.54) is 10.1 Å². The lowest BCUT2D eigenvalue weighted by atomic mass is 10.2. The van der Waals surface area contributed by atoms with Gasteiger partial charge in [0.1, 0.15) is 17.0 Å². The van der Waals surface area contributed by atoms with Crippen LogP contribution in [-0.2, 0) is 0 Å². The van der Waals surface area contributed by atoms with Gasteiger partial charge in [-0.1, -0.05) is 18.2 Å². The maximum Gasteiger partial charge on any atom is 0.158 e. The highest BCUT2D eigenvalue weighted by atomic mass is 32.1. The van der Waals surface area contributed by atoms with E-state index >= 15 is 0 Å². The molecule has 112 valence electrons. The van der Waals surface area contributed by atoms with Crippen LogP contribution in [0.1, 0.15) is 0 Å². The normalized spacial score (nSPS) is 11.7. The molecule has 0 bridgehead atoms. The first-order valence-corrected chi connectivity index (χ1v) is 8.05. The average Bonchev–Trinajstić information content (AvgIpc) is 3.26. The first-order valence-electron chi connectivity index (χ1n) is 7.23. The van der Waals surface area contributed by atoms with Gasteiger partial charge < -0.3 is 9.72 Å². The minimum absolute atomic E-state index is 0.794. The molecule has 5 aromatic rings. The third-order valence-corrected chi connectivity index (χ3v) is 5.18. The molecule has 0 unspecified atom stereocenters. The van der Waals surface area contributed by atoms with E-state index < -0.39 is 0 Å². The van der Waals surface area contributed by atoms with Crippen molar-refractivity contribution in [1.82, 2.24) is 20.2 Å². The molecule has 2 N–H and O–H groups in total. The summed E-state index contributed by atoms with van der Waals surface area (Å²) in [6, 6.07) is 14.1. The molecule has 0 saturated carbocycles. The molecule has 0 aliphatic heterocycles. The number of hydrogen-bond acceptors (Lipinski definition) is 4. The van der Waals surface area contributed by atoms with Gasteiger partial charge >= 0.3 is 0 Å². The molecule has 0 atom stereocenters. The molecule has 2 aromatic carbocycles. The number of thiophene rings is 1. The molecule has 5 nitrogen and oxygen atoms in total. The minimum Gasteiger partial charge on any atom is -0.497 e. The summed E-state index contributed by atoms with van der Waals surface area (Å²) in [5.41, 5.74) is 3.78. The molecule has 0 spiro atoms. The van der Waals surface area contributed by atoms with Crippen molar-refractivity contribution in [3.63, 3.8) is 0 Å². The Kier molecular flexibility index (Phi) is 2.51. The summed E-state index contributed by atoms with van der Waals surface area (Å²) in [7, 11) is 1.66. The zero-order valence-electron chi connectivity index (χ0n) is 12.3. The molecular formula is C17H12N4OS. The molecule has 5 rings (SSSR count). The predicted molar refractivity (Wildman–Crippen MR) is 93.1 cm³/mol. The summed E-state index contributed by atoms with van der Waals surface area (Å²) < 4.78 is 7.62. The number of ether oxygens (including phenoxy) is 1. The van der Waals surface area contributed by atoms with E-state index in [-0.39, 0.29) is 0 Å². The van der Waals surface area contributed by atoms with E-state index in [1.54, 1.807) is 18.4 Å². The fraction of sp³-hybridized carbons (Fsp3) is 0.0588. The van der Waals surface area contributed by atoms with Gasteiger partial charge in [-0.25, -0.2) is 4.98 Å². The summed E-state index contributed by atoms with van der Waals surface area (Å²) in [5, 5.41) is 8.79. The first kappa shape index (κ1) is 12.7. The Bertz CT molecular complexity index is 1170. The van der Waals surface area contributed by atoms with Gasteiger partial charge in [0.15, 0.2) is 5.82 Å². The number of nitrogens with zero attached hydrogens (tertiary/aromatic N) is 2. The number of H-pyrrole nitrogens is 2. The van der Waals surface area contributed by atoms with Crippen LogP contribution in [0.3, 0.4) is 0 Å². The lowest BCUT2D eigenvalue weighted by molar-refractivity contribution is 0.415. The van der Waals surface area contributed by atoms with E-state index in [0.717, 1.165) is 38.5 Å². The van der Waals surface area contributed by atoms with E-state index in [2.05, 4.69) is 38.4 Å². The second-order valence-corrected chi connectivity index (χ2v) is 6.40. The van der Waals surface area contributed by atoms with Crippen molar-refractivity contribution in [2.75, 3.05) is 7.11 Å².